The Morgan fingerprint density at radius 1 is 1.19 bits per heavy atom. The number of amides is 1. The number of aliphatic hydroxyl groups excluding tert-OH is 2. The molecule has 1 aromatic carbocycles. The quantitative estimate of drug-likeness (QED) is 0.867. The van der Waals surface area contributed by atoms with Gasteiger partial charge in [0.15, 0.2) is 0 Å². The molecule has 0 radical (unpaired) electrons. The van der Waals surface area contributed by atoms with Crippen molar-refractivity contribution in [3.63, 3.8) is 0 Å². The first kappa shape index (κ1) is 14.4. The molecule has 1 aliphatic carbocycles. The molecule has 1 aromatic rings. The van der Waals surface area contributed by atoms with Gasteiger partial charge in [-0.2, -0.15) is 0 Å². The fourth-order valence-electron chi connectivity index (χ4n) is 3.33. The van der Waals surface area contributed by atoms with Crippen LogP contribution in [-0.2, 0) is 11.3 Å². The van der Waals surface area contributed by atoms with Crippen LogP contribution in [0.1, 0.15) is 24.8 Å². The van der Waals surface area contributed by atoms with Gasteiger partial charge in [0.05, 0.1) is 12.2 Å². The second kappa shape index (κ2) is 5.66. The van der Waals surface area contributed by atoms with Gasteiger partial charge in [-0.15, -0.1) is 0 Å². The maximum atomic E-state index is 12.0. The molecule has 2 N–H and O–H groups in total. The molecule has 3 rings (SSSR count). The number of piperidine rings is 1. The Balaban J connectivity index is 1.49. The van der Waals surface area contributed by atoms with Gasteiger partial charge in [-0.05, 0) is 18.4 Å². The van der Waals surface area contributed by atoms with Crippen LogP contribution in [0.25, 0.3) is 0 Å². The maximum Gasteiger partial charge on any atom is 0.410 e. The number of likely N-dealkylation sites (tertiary alicyclic amines) is 1. The van der Waals surface area contributed by atoms with Gasteiger partial charge in [0.2, 0.25) is 0 Å². The van der Waals surface area contributed by atoms with E-state index >= 15 is 0 Å². The van der Waals surface area contributed by atoms with E-state index < -0.39 is 17.6 Å². The summed E-state index contributed by atoms with van der Waals surface area (Å²) < 4.78 is 5.30. The summed E-state index contributed by atoms with van der Waals surface area (Å²) in [7, 11) is 0. The summed E-state index contributed by atoms with van der Waals surface area (Å²) in [5, 5.41) is 19.8. The van der Waals surface area contributed by atoms with Crippen molar-refractivity contribution in [3.05, 3.63) is 35.9 Å². The lowest BCUT2D eigenvalue weighted by atomic mass is 9.58. The lowest BCUT2D eigenvalue weighted by Crippen LogP contribution is -2.61. The van der Waals surface area contributed by atoms with Crippen molar-refractivity contribution >= 4 is 6.09 Å². The molecule has 1 saturated carbocycles. The van der Waals surface area contributed by atoms with Gasteiger partial charge < -0.3 is 19.8 Å². The van der Waals surface area contributed by atoms with Crippen molar-refractivity contribution in [2.45, 2.75) is 38.1 Å². The van der Waals surface area contributed by atoms with E-state index in [0.717, 1.165) is 5.56 Å². The van der Waals surface area contributed by atoms with Gasteiger partial charge in [-0.25, -0.2) is 4.79 Å². The third-order valence-corrected chi connectivity index (χ3v) is 4.93. The molecule has 1 heterocycles. The minimum Gasteiger partial charge on any atom is -0.445 e. The van der Waals surface area contributed by atoms with Crippen LogP contribution in [-0.4, -0.2) is 46.5 Å². The van der Waals surface area contributed by atoms with E-state index in [4.69, 9.17) is 4.74 Å². The van der Waals surface area contributed by atoms with E-state index in [1.165, 1.54) is 0 Å². The van der Waals surface area contributed by atoms with E-state index in [2.05, 4.69) is 0 Å². The first-order valence-corrected chi connectivity index (χ1v) is 7.43. The summed E-state index contributed by atoms with van der Waals surface area (Å²) >= 11 is 0. The first-order valence-electron chi connectivity index (χ1n) is 7.43. The molecule has 114 valence electrons. The molecule has 0 aromatic heterocycles. The van der Waals surface area contributed by atoms with Crippen molar-refractivity contribution in [2.24, 2.45) is 5.41 Å². The summed E-state index contributed by atoms with van der Waals surface area (Å²) in [5.41, 5.74) is 0.570. The number of rotatable bonds is 2. The van der Waals surface area contributed by atoms with E-state index in [1.54, 1.807) is 4.90 Å². The molecule has 21 heavy (non-hydrogen) atoms. The Bertz CT molecular complexity index is 486. The van der Waals surface area contributed by atoms with E-state index in [0.29, 0.717) is 32.4 Å². The fraction of sp³-hybridized carbons (Fsp3) is 0.562. The highest BCUT2D eigenvalue weighted by molar-refractivity contribution is 5.67. The van der Waals surface area contributed by atoms with E-state index in [9.17, 15) is 15.0 Å². The zero-order valence-electron chi connectivity index (χ0n) is 11.9. The number of hydrogen-bond donors (Lipinski definition) is 2. The second-order valence-electron chi connectivity index (χ2n) is 6.03. The van der Waals surface area contributed by atoms with E-state index in [1.807, 2.05) is 30.3 Å². The molecular formula is C16H21NO4. The molecule has 1 saturated heterocycles. The molecular weight excluding hydrogens is 270 g/mol. The SMILES string of the molecule is O=C(OCc1ccccc1)N1CCC2(CC1)C(O)CC2O. The summed E-state index contributed by atoms with van der Waals surface area (Å²) in [5.74, 6) is 0. The smallest absolute Gasteiger partial charge is 0.410 e. The van der Waals surface area contributed by atoms with Gasteiger partial charge in [0, 0.05) is 24.9 Å². The Kier molecular flexibility index (Phi) is 3.87. The zero-order valence-corrected chi connectivity index (χ0v) is 11.9. The van der Waals surface area contributed by atoms with Crippen LogP contribution < -0.4 is 0 Å². The summed E-state index contributed by atoms with van der Waals surface area (Å²) in [6.07, 6.45) is 0.534. The van der Waals surface area contributed by atoms with Crippen LogP contribution in [0.2, 0.25) is 0 Å². The van der Waals surface area contributed by atoms with Gasteiger partial charge in [-0.1, -0.05) is 30.3 Å². The number of aliphatic hydroxyl groups is 2. The minimum atomic E-state index is -0.435. The third kappa shape index (κ3) is 2.63. The highest BCUT2D eigenvalue weighted by atomic mass is 16.6. The Morgan fingerprint density at radius 2 is 1.81 bits per heavy atom. The molecule has 2 fully saturated rings. The maximum absolute atomic E-state index is 12.0. The molecule has 1 amide bonds. The standard InChI is InChI=1S/C16H21NO4/c18-13-10-14(19)16(13)6-8-17(9-7-16)15(20)21-11-12-4-2-1-3-5-12/h1-5,13-14,18-19H,6-11H2. The minimum absolute atomic E-state index is 0.270. The predicted molar refractivity (Wildman–Crippen MR) is 76.5 cm³/mol. The van der Waals surface area contributed by atoms with Gasteiger partial charge in [0.25, 0.3) is 0 Å². The highest BCUT2D eigenvalue weighted by Crippen LogP contribution is 2.49. The van der Waals surface area contributed by atoms with Crippen molar-refractivity contribution in [2.75, 3.05) is 13.1 Å². The summed E-state index contributed by atoms with van der Waals surface area (Å²) in [6, 6.07) is 9.57. The number of ether oxygens (including phenoxy) is 1. The number of nitrogens with zero attached hydrogens (tertiary/aromatic N) is 1. The largest absolute Gasteiger partial charge is 0.445 e. The zero-order chi connectivity index (χ0) is 14.9. The Hall–Kier alpha value is -1.59. The van der Waals surface area contributed by atoms with Gasteiger partial charge >= 0.3 is 6.09 Å². The van der Waals surface area contributed by atoms with Crippen molar-refractivity contribution < 1.29 is 19.7 Å². The lowest BCUT2D eigenvalue weighted by molar-refractivity contribution is -0.187. The summed E-state index contributed by atoms with van der Waals surface area (Å²) in [4.78, 5) is 13.7. The van der Waals surface area contributed by atoms with Gasteiger partial charge in [0.1, 0.15) is 6.61 Å². The van der Waals surface area contributed by atoms with Crippen LogP contribution in [0, 0.1) is 5.41 Å². The fourth-order valence-corrected chi connectivity index (χ4v) is 3.33. The van der Waals surface area contributed by atoms with Crippen molar-refractivity contribution in [1.82, 2.24) is 4.90 Å². The topological polar surface area (TPSA) is 70.0 Å². The highest BCUT2D eigenvalue weighted by Gasteiger charge is 2.55. The lowest BCUT2D eigenvalue weighted by Gasteiger charge is -2.54. The Labute approximate surface area is 124 Å². The second-order valence-corrected chi connectivity index (χ2v) is 6.03. The molecule has 0 bridgehead atoms. The molecule has 1 aliphatic heterocycles. The third-order valence-electron chi connectivity index (χ3n) is 4.93. The van der Waals surface area contributed by atoms with Crippen LogP contribution >= 0.6 is 0 Å². The Morgan fingerprint density at radius 3 is 2.38 bits per heavy atom. The average Bonchev–Trinajstić information content (AvgIpc) is 2.54. The predicted octanol–water partition coefficient (Wildman–Crippen LogP) is 1.53. The average molecular weight is 291 g/mol. The van der Waals surface area contributed by atoms with Crippen LogP contribution in [0.4, 0.5) is 4.79 Å². The van der Waals surface area contributed by atoms with Crippen molar-refractivity contribution in [3.8, 4) is 0 Å². The molecule has 5 nitrogen and oxygen atoms in total. The first-order chi connectivity index (χ1) is 10.1. The number of hydrogen-bond acceptors (Lipinski definition) is 4. The summed E-state index contributed by atoms with van der Waals surface area (Å²) in [6.45, 7) is 1.33. The van der Waals surface area contributed by atoms with Crippen LogP contribution in [0.3, 0.4) is 0 Å². The molecule has 5 heteroatoms. The number of carbonyl (C=O) groups is 1. The molecule has 2 unspecified atom stereocenters. The monoisotopic (exact) mass is 291 g/mol. The van der Waals surface area contributed by atoms with Gasteiger partial charge in [-0.3, -0.25) is 0 Å². The van der Waals surface area contributed by atoms with Crippen LogP contribution in [0.5, 0.6) is 0 Å². The number of benzene rings is 1. The van der Waals surface area contributed by atoms with Crippen molar-refractivity contribution in [1.29, 1.82) is 0 Å². The van der Waals surface area contributed by atoms with Crippen LogP contribution in [0.15, 0.2) is 30.3 Å². The normalized spacial score (nSPS) is 27.2. The molecule has 2 atom stereocenters. The molecule has 1 spiro atoms. The number of carbonyl (C=O) groups excluding carboxylic acids is 1. The molecule has 2 aliphatic rings. The van der Waals surface area contributed by atoms with E-state index in [-0.39, 0.29) is 12.7 Å².